The molecule has 0 saturated heterocycles. The number of nitrogens with two attached hydrogens (primary N) is 2. The van der Waals surface area contributed by atoms with Crippen molar-refractivity contribution in [2.75, 3.05) is 0 Å². The first-order chi connectivity index (χ1) is 9.37. The zero-order chi connectivity index (χ0) is 14.9. The molecule has 1 heterocycles. The van der Waals surface area contributed by atoms with Crippen LogP contribution in [0, 0.1) is 5.92 Å². The lowest BCUT2D eigenvalue weighted by Crippen LogP contribution is -2.61. The molecule has 1 atom stereocenters. The number of hydrogen-bond acceptors (Lipinski definition) is 4. The van der Waals surface area contributed by atoms with E-state index >= 15 is 0 Å². The molecule has 0 aliphatic rings. The SMILES string of the molecule is CC(C)[C@](N)(C(N)=O)C(=O)c1ccc2ccccc2n1. The molecule has 0 unspecified atom stereocenters. The predicted molar refractivity (Wildman–Crippen MR) is 77.0 cm³/mol. The zero-order valence-electron chi connectivity index (χ0n) is 11.5. The van der Waals surface area contributed by atoms with E-state index in [9.17, 15) is 9.59 Å². The molecule has 0 aliphatic heterocycles. The van der Waals surface area contributed by atoms with Crippen LogP contribution >= 0.6 is 0 Å². The first kappa shape index (κ1) is 14.1. The lowest BCUT2D eigenvalue weighted by Gasteiger charge is -2.28. The number of rotatable bonds is 4. The van der Waals surface area contributed by atoms with E-state index in [1.54, 1.807) is 32.0 Å². The minimum absolute atomic E-state index is 0.152. The van der Waals surface area contributed by atoms with Crippen LogP contribution in [0.5, 0.6) is 0 Å². The molecule has 1 amide bonds. The number of Topliss-reactive ketones (excluding diaryl/α,β-unsaturated/α-hetero) is 1. The van der Waals surface area contributed by atoms with E-state index in [1.165, 1.54) is 0 Å². The fraction of sp³-hybridized carbons (Fsp3) is 0.267. The second kappa shape index (κ2) is 5.02. The van der Waals surface area contributed by atoms with Gasteiger partial charge in [-0.15, -0.1) is 0 Å². The molecule has 1 aromatic heterocycles. The lowest BCUT2D eigenvalue weighted by molar-refractivity contribution is -0.122. The third kappa shape index (κ3) is 2.16. The monoisotopic (exact) mass is 271 g/mol. The maximum absolute atomic E-state index is 12.5. The summed E-state index contributed by atoms with van der Waals surface area (Å²) >= 11 is 0. The second-order valence-corrected chi connectivity index (χ2v) is 5.11. The number of pyridine rings is 1. The maximum Gasteiger partial charge on any atom is 0.245 e. The van der Waals surface area contributed by atoms with Crippen LogP contribution in [-0.4, -0.2) is 22.2 Å². The first-order valence-electron chi connectivity index (χ1n) is 6.36. The number of nitrogens with zero attached hydrogens (tertiary/aromatic N) is 1. The van der Waals surface area contributed by atoms with Gasteiger partial charge in [-0.05, 0) is 18.1 Å². The molecular formula is C15H17N3O2. The average Bonchev–Trinajstić information content (AvgIpc) is 2.44. The van der Waals surface area contributed by atoms with Gasteiger partial charge in [0.2, 0.25) is 11.7 Å². The molecule has 0 radical (unpaired) electrons. The summed E-state index contributed by atoms with van der Waals surface area (Å²) in [5, 5.41) is 0.912. The van der Waals surface area contributed by atoms with Crippen LogP contribution in [0.1, 0.15) is 24.3 Å². The number of amides is 1. The standard InChI is InChI=1S/C15H17N3O2/c1-9(2)15(17,14(16)20)13(19)12-8-7-10-5-3-4-6-11(10)18-12/h3-9H,17H2,1-2H3,(H2,16,20)/t15-/m1/s1. The molecule has 0 fully saturated rings. The molecule has 0 saturated carbocycles. The van der Waals surface area contributed by atoms with Crippen molar-refractivity contribution in [1.82, 2.24) is 4.98 Å². The van der Waals surface area contributed by atoms with Crippen LogP contribution in [0.2, 0.25) is 0 Å². The van der Waals surface area contributed by atoms with Crippen LogP contribution < -0.4 is 11.5 Å². The minimum Gasteiger partial charge on any atom is -0.368 e. The van der Waals surface area contributed by atoms with E-state index < -0.39 is 23.1 Å². The molecule has 20 heavy (non-hydrogen) atoms. The number of fused-ring (bicyclic) bond motifs is 1. The summed E-state index contributed by atoms with van der Waals surface area (Å²) in [7, 11) is 0. The Labute approximate surface area is 117 Å². The van der Waals surface area contributed by atoms with Crippen molar-refractivity contribution < 1.29 is 9.59 Å². The van der Waals surface area contributed by atoms with E-state index in [-0.39, 0.29) is 5.69 Å². The number of ketones is 1. The van der Waals surface area contributed by atoms with Gasteiger partial charge < -0.3 is 11.5 Å². The Morgan fingerprint density at radius 2 is 1.80 bits per heavy atom. The van der Waals surface area contributed by atoms with Gasteiger partial charge >= 0.3 is 0 Å². The van der Waals surface area contributed by atoms with Gasteiger partial charge in [-0.3, -0.25) is 9.59 Å². The molecule has 0 spiro atoms. The lowest BCUT2D eigenvalue weighted by atomic mass is 9.81. The smallest absolute Gasteiger partial charge is 0.245 e. The Morgan fingerprint density at radius 1 is 1.15 bits per heavy atom. The Kier molecular flexibility index (Phi) is 3.55. The molecule has 2 aromatic rings. The summed E-state index contributed by atoms with van der Waals surface area (Å²) in [4.78, 5) is 28.4. The van der Waals surface area contributed by atoms with Gasteiger partial charge in [0.05, 0.1) is 5.52 Å². The number of carbonyl (C=O) groups is 2. The van der Waals surface area contributed by atoms with Crippen LogP contribution in [0.15, 0.2) is 36.4 Å². The van der Waals surface area contributed by atoms with Gasteiger partial charge in [0, 0.05) is 5.39 Å². The van der Waals surface area contributed by atoms with Gasteiger partial charge in [0.15, 0.2) is 5.54 Å². The van der Waals surface area contributed by atoms with E-state index in [1.807, 2.05) is 18.2 Å². The van der Waals surface area contributed by atoms with Crippen molar-refractivity contribution >= 4 is 22.6 Å². The summed E-state index contributed by atoms with van der Waals surface area (Å²) in [6.07, 6.45) is 0. The van der Waals surface area contributed by atoms with Crippen molar-refractivity contribution in [2.24, 2.45) is 17.4 Å². The van der Waals surface area contributed by atoms with Crippen LogP contribution in [0.3, 0.4) is 0 Å². The maximum atomic E-state index is 12.5. The van der Waals surface area contributed by atoms with E-state index in [0.29, 0.717) is 5.52 Å². The van der Waals surface area contributed by atoms with Crippen molar-refractivity contribution in [3.05, 3.63) is 42.1 Å². The molecule has 0 bridgehead atoms. The van der Waals surface area contributed by atoms with E-state index in [2.05, 4.69) is 4.98 Å². The third-order valence-corrected chi connectivity index (χ3v) is 3.53. The largest absolute Gasteiger partial charge is 0.368 e. The first-order valence-corrected chi connectivity index (χ1v) is 6.36. The highest BCUT2D eigenvalue weighted by Crippen LogP contribution is 2.21. The molecule has 104 valence electrons. The van der Waals surface area contributed by atoms with Gasteiger partial charge in [-0.1, -0.05) is 38.1 Å². The summed E-state index contributed by atoms with van der Waals surface area (Å²) < 4.78 is 0. The number of aromatic nitrogens is 1. The molecule has 1 aromatic carbocycles. The summed E-state index contributed by atoms with van der Waals surface area (Å²) in [5.74, 6) is -1.81. The van der Waals surface area contributed by atoms with Gasteiger partial charge in [-0.2, -0.15) is 0 Å². The fourth-order valence-corrected chi connectivity index (χ4v) is 2.06. The second-order valence-electron chi connectivity index (χ2n) is 5.11. The van der Waals surface area contributed by atoms with Crippen molar-refractivity contribution in [1.29, 1.82) is 0 Å². The fourth-order valence-electron chi connectivity index (χ4n) is 2.06. The number of para-hydroxylation sites is 1. The van der Waals surface area contributed by atoms with Crippen LogP contribution in [-0.2, 0) is 4.79 Å². The molecule has 2 rings (SSSR count). The van der Waals surface area contributed by atoms with E-state index in [0.717, 1.165) is 5.39 Å². The molecule has 5 heteroatoms. The van der Waals surface area contributed by atoms with Crippen LogP contribution in [0.4, 0.5) is 0 Å². The number of benzene rings is 1. The Hall–Kier alpha value is -2.27. The number of hydrogen-bond donors (Lipinski definition) is 2. The minimum atomic E-state index is -1.74. The number of primary amides is 1. The Balaban J connectivity index is 2.52. The Bertz CT molecular complexity index is 682. The third-order valence-electron chi connectivity index (χ3n) is 3.53. The van der Waals surface area contributed by atoms with Gasteiger partial charge in [-0.25, -0.2) is 4.98 Å². The van der Waals surface area contributed by atoms with Gasteiger partial charge in [0.1, 0.15) is 5.69 Å². The molecule has 4 N–H and O–H groups in total. The topological polar surface area (TPSA) is 99.1 Å². The highest BCUT2D eigenvalue weighted by Gasteiger charge is 2.44. The van der Waals surface area contributed by atoms with E-state index in [4.69, 9.17) is 11.5 Å². The van der Waals surface area contributed by atoms with Crippen molar-refractivity contribution in [2.45, 2.75) is 19.4 Å². The summed E-state index contributed by atoms with van der Waals surface area (Å²) in [6, 6.07) is 10.7. The highest BCUT2D eigenvalue weighted by atomic mass is 16.2. The quantitative estimate of drug-likeness (QED) is 0.645. The van der Waals surface area contributed by atoms with Crippen molar-refractivity contribution in [3.8, 4) is 0 Å². The molecular weight excluding hydrogens is 254 g/mol. The Morgan fingerprint density at radius 3 is 2.40 bits per heavy atom. The molecule has 5 nitrogen and oxygen atoms in total. The average molecular weight is 271 g/mol. The van der Waals surface area contributed by atoms with Crippen LogP contribution in [0.25, 0.3) is 10.9 Å². The number of carbonyl (C=O) groups excluding carboxylic acids is 2. The summed E-state index contributed by atoms with van der Waals surface area (Å²) in [5.41, 5.74) is 10.3. The predicted octanol–water partition coefficient (Wildman–Crippen LogP) is 1.26. The molecule has 0 aliphatic carbocycles. The summed E-state index contributed by atoms with van der Waals surface area (Å²) in [6.45, 7) is 3.37. The highest BCUT2D eigenvalue weighted by molar-refractivity contribution is 6.17. The zero-order valence-corrected chi connectivity index (χ0v) is 11.5. The normalized spacial score (nSPS) is 14.2. The van der Waals surface area contributed by atoms with Gasteiger partial charge in [0.25, 0.3) is 0 Å². The van der Waals surface area contributed by atoms with Crippen molar-refractivity contribution in [3.63, 3.8) is 0 Å².